The van der Waals surface area contributed by atoms with Crippen LogP contribution < -0.4 is 4.74 Å². The lowest BCUT2D eigenvalue weighted by Gasteiger charge is -2.34. The summed E-state index contributed by atoms with van der Waals surface area (Å²) in [6, 6.07) is 16.2. The summed E-state index contributed by atoms with van der Waals surface area (Å²) in [5, 5.41) is 0. The van der Waals surface area contributed by atoms with E-state index in [0.717, 1.165) is 44.0 Å². The second-order valence-corrected chi connectivity index (χ2v) is 7.20. The van der Waals surface area contributed by atoms with E-state index in [1.54, 1.807) is 7.11 Å². The molecule has 138 valence electrons. The summed E-state index contributed by atoms with van der Waals surface area (Å²) in [6.07, 6.45) is 0. The minimum absolute atomic E-state index is 0.140. The van der Waals surface area contributed by atoms with Gasteiger partial charge in [0.1, 0.15) is 5.75 Å². The van der Waals surface area contributed by atoms with Crippen molar-refractivity contribution in [2.45, 2.75) is 26.3 Å². The first-order valence-electron chi connectivity index (χ1n) is 9.31. The number of nitrogens with zero attached hydrogens (tertiary/aromatic N) is 2. The summed E-state index contributed by atoms with van der Waals surface area (Å²) < 4.78 is 5.29. The van der Waals surface area contributed by atoms with E-state index in [0.29, 0.717) is 5.92 Å². The smallest absolute Gasteiger partial charge is 0.253 e. The van der Waals surface area contributed by atoms with Crippen LogP contribution in [-0.4, -0.2) is 49.0 Å². The van der Waals surface area contributed by atoms with Crippen molar-refractivity contribution in [1.82, 2.24) is 9.80 Å². The normalized spacial score (nSPS) is 15.3. The molecule has 0 saturated carbocycles. The van der Waals surface area contributed by atoms with E-state index in [1.165, 1.54) is 11.1 Å². The van der Waals surface area contributed by atoms with Crippen molar-refractivity contribution in [1.29, 1.82) is 0 Å². The van der Waals surface area contributed by atoms with E-state index < -0.39 is 0 Å². The van der Waals surface area contributed by atoms with Crippen molar-refractivity contribution < 1.29 is 9.53 Å². The minimum atomic E-state index is 0.140. The zero-order chi connectivity index (χ0) is 18.5. The van der Waals surface area contributed by atoms with Crippen molar-refractivity contribution in [3.8, 4) is 5.75 Å². The first-order chi connectivity index (χ1) is 12.6. The molecule has 0 aromatic heterocycles. The van der Waals surface area contributed by atoms with E-state index in [1.807, 2.05) is 29.2 Å². The van der Waals surface area contributed by atoms with Crippen molar-refractivity contribution >= 4 is 5.91 Å². The molecule has 1 fully saturated rings. The third-order valence-electron chi connectivity index (χ3n) is 5.02. The highest BCUT2D eigenvalue weighted by atomic mass is 16.5. The molecule has 0 bridgehead atoms. The summed E-state index contributed by atoms with van der Waals surface area (Å²) >= 11 is 0. The lowest BCUT2D eigenvalue weighted by Crippen LogP contribution is -2.48. The van der Waals surface area contributed by atoms with Crippen LogP contribution in [0, 0.1) is 0 Å². The van der Waals surface area contributed by atoms with Crippen LogP contribution in [0.2, 0.25) is 0 Å². The molecule has 1 aliphatic heterocycles. The minimum Gasteiger partial charge on any atom is -0.497 e. The maximum Gasteiger partial charge on any atom is 0.253 e. The topological polar surface area (TPSA) is 32.8 Å². The maximum atomic E-state index is 12.7. The number of methoxy groups -OCH3 is 1. The first kappa shape index (κ1) is 18.5. The largest absolute Gasteiger partial charge is 0.497 e. The fraction of sp³-hybridized carbons (Fsp3) is 0.409. The average molecular weight is 352 g/mol. The van der Waals surface area contributed by atoms with E-state index in [9.17, 15) is 4.79 Å². The summed E-state index contributed by atoms with van der Waals surface area (Å²) in [5.41, 5.74) is 3.30. The van der Waals surface area contributed by atoms with Crippen LogP contribution in [0.25, 0.3) is 0 Å². The van der Waals surface area contributed by atoms with Crippen LogP contribution in [0.3, 0.4) is 0 Å². The molecule has 0 unspecified atom stereocenters. The van der Waals surface area contributed by atoms with Crippen LogP contribution in [0.4, 0.5) is 0 Å². The molecule has 1 aliphatic rings. The number of rotatable bonds is 5. The molecule has 0 N–H and O–H groups in total. The maximum absolute atomic E-state index is 12.7. The van der Waals surface area contributed by atoms with Crippen LogP contribution in [0.1, 0.15) is 41.3 Å². The number of carbonyl (C=O) groups is 1. The zero-order valence-electron chi connectivity index (χ0n) is 15.9. The van der Waals surface area contributed by atoms with Gasteiger partial charge in [-0.3, -0.25) is 9.69 Å². The summed E-state index contributed by atoms with van der Waals surface area (Å²) in [5.74, 6) is 1.52. The highest BCUT2D eigenvalue weighted by Gasteiger charge is 2.22. The number of benzene rings is 2. The monoisotopic (exact) mass is 352 g/mol. The number of hydrogen-bond donors (Lipinski definition) is 0. The molecular formula is C22H28N2O2. The van der Waals surface area contributed by atoms with Gasteiger partial charge in [-0.1, -0.05) is 38.1 Å². The van der Waals surface area contributed by atoms with Gasteiger partial charge in [-0.25, -0.2) is 0 Å². The molecule has 0 aliphatic carbocycles. The number of piperazine rings is 1. The van der Waals surface area contributed by atoms with E-state index in [4.69, 9.17) is 4.74 Å². The second-order valence-electron chi connectivity index (χ2n) is 7.20. The Bertz CT molecular complexity index is 732. The fourth-order valence-corrected chi connectivity index (χ4v) is 3.33. The Labute approximate surface area is 156 Å². The Morgan fingerprint density at radius 3 is 2.35 bits per heavy atom. The Kier molecular flexibility index (Phi) is 5.94. The lowest BCUT2D eigenvalue weighted by molar-refractivity contribution is 0.0628. The average Bonchev–Trinajstić information content (AvgIpc) is 2.68. The SMILES string of the molecule is COc1cccc(CN2CCN(C(=O)c3ccc(C(C)C)cc3)CC2)c1. The Morgan fingerprint density at radius 2 is 1.73 bits per heavy atom. The quantitative estimate of drug-likeness (QED) is 0.821. The molecule has 4 heteroatoms. The molecule has 3 rings (SSSR count). The summed E-state index contributed by atoms with van der Waals surface area (Å²) in [4.78, 5) is 17.1. The molecule has 2 aromatic carbocycles. The van der Waals surface area contributed by atoms with Crippen molar-refractivity contribution in [2.24, 2.45) is 0 Å². The van der Waals surface area contributed by atoms with Gasteiger partial charge in [0.25, 0.3) is 5.91 Å². The number of amides is 1. The summed E-state index contributed by atoms with van der Waals surface area (Å²) in [7, 11) is 1.69. The van der Waals surface area contributed by atoms with E-state index in [2.05, 4.69) is 43.0 Å². The molecule has 1 heterocycles. The van der Waals surface area contributed by atoms with Crippen LogP contribution >= 0.6 is 0 Å². The van der Waals surface area contributed by atoms with Gasteiger partial charge in [0.15, 0.2) is 0 Å². The van der Waals surface area contributed by atoms with Gasteiger partial charge in [-0.15, -0.1) is 0 Å². The number of hydrogen-bond acceptors (Lipinski definition) is 3. The highest BCUT2D eigenvalue weighted by molar-refractivity contribution is 5.94. The predicted molar refractivity (Wildman–Crippen MR) is 105 cm³/mol. The molecule has 26 heavy (non-hydrogen) atoms. The standard InChI is InChI=1S/C22H28N2O2/c1-17(2)19-7-9-20(10-8-19)22(25)24-13-11-23(12-14-24)16-18-5-4-6-21(15-18)26-3/h4-10,15,17H,11-14,16H2,1-3H3. The predicted octanol–water partition coefficient (Wildman–Crippen LogP) is 3.78. The van der Waals surface area contributed by atoms with Gasteiger partial charge in [-0.2, -0.15) is 0 Å². The van der Waals surface area contributed by atoms with Crippen molar-refractivity contribution in [2.75, 3.05) is 33.3 Å². The third-order valence-corrected chi connectivity index (χ3v) is 5.02. The van der Waals surface area contributed by atoms with Crippen molar-refractivity contribution in [3.63, 3.8) is 0 Å². The van der Waals surface area contributed by atoms with Gasteiger partial charge < -0.3 is 9.64 Å². The van der Waals surface area contributed by atoms with Gasteiger partial charge in [0.2, 0.25) is 0 Å². The Hall–Kier alpha value is -2.33. The second kappa shape index (κ2) is 8.37. The Balaban J connectivity index is 1.55. The van der Waals surface area contributed by atoms with Crippen LogP contribution in [-0.2, 0) is 6.54 Å². The van der Waals surface area contributed by atoms with Crippen LogP contribution in [0.15, 0.2) is 48.5 Å². The molecular weight excluding hydrogens is 324 g/mol. The van der Waals surface area contributed by atoms with Gasteiger partial charge in [0, 0.05) is 38.3 Å². The molecule has 2 aromatic rings. The lowest BCUT2D eigenvalue weighted by atomic mass is 10.0. The number of ether oxygens (including phenoxy) is 1. The third kappa shape index (κ3) is 4.44. The fourth-order valence-electron chi connectivity index (χ4n) is 3.33. The number of carbonyl (C=O) groups excluding carboxylic acids is 1. The van der Waals surface area contributed by atoms with E-state index >= 15 is 0 Å². The molecule has 1 amide bonds. The van der Waals surface area contributed by atoms with Gasteiger partial charge in [-0.05, 0) is 41.3 Å². The van der Waals surface area contributed by atoms with Crippen molar-refractivity contribution in [3.05, 3.63) is 65.2 Å². The first-order valence-corrected chi connectivity index (χ1v) is 9.31. The van der Waals surface area contributed by atoms with E-state index in [-0.39, 0.29) is 5.91 Å². The molecule has 0 spiro atoms. The molecule has 0 atom stereocenters. The zero-order valence-corrected chi connectivity index (χ0v) is 15.9. The molecule has 4 nitrogen and oxygen atoms in total. The van der Waals surface area contributed by atoms with Gasteiger partial charge >= 0.3 is 0 Å². The molecule has 1 saturated heterocycles. The Morgan fingerprint density at radius 1 is 1.04 bits per heavy atom. The van der Waals surface area contributed by atoms with Crippen LogP contribution in [0.5, 0.6) is 5.75 Å². The highest BCUT2D eigenvalue weighted by Crippen LogP contribution is 2.18. The van der Waals surface area contributed by atoms with Gasteiger partial charge in [0.05, 0.1) is 7.11 Å². The summed E-state index contributed by atoms with van der Waals surface area (Å²) in [6.45, 7) is 8.56. The molecule has 0 radical (unpaired) electrons.